The average Bonchev–Trinajstić information content (AvgIpc) is 2.44. The summed E-state index contributed by atoms with van der Waals surface area (Å²) in [5.74, 6) is 1.03. The molecule has 1 fully saturated rings. The Bertz CT molecular complexity index is 508. The van der Waals surface area contributed by atoms with Crippen molar-refractivity contribution in [2.45, 2.75) is 39.0 Å². The van der Waals surface area contributed by atoms with Gasteiger partial charge >= 0.3 is 5.97 Å². The molecule has 1 aliphatic carbocycles. The van der Waals surface area contributed by atoms with Crippen molar-refractivity contribution < 1.29 is 9.53 Å². The number of halogens is 3. The van der Waals surface area contributed by atoms with Gasteiger partial charge in [0.25, 0.3) is 0 Å². The summed E-state index contributed by atoms with van der Waals surface area (Å²) in [4.78, 5) is 12.0. The molecule has 1 aromatic carbocycles. The second-order valence-corrected chi connectivity index (χ2v) is 7.02. The lowest BCUT2D eigenvalue weighted by Gasteiger charge is -2.25. The zero-order valence-electron chi connectivity index (χ0n) is 12.0. The molecule has 1 saturated carbocycles. The van der Waals surface area contributed by atoms with Crippen LogP contribution in [0.5, 0.6) is 0 Å². The summed E-state index contributed by atoms with van der Waals surface area (Å²) in [6.45, 7) is 2.71. The van der Waals surface area contributed by atoms with E-state index >= 15 is 0 Å². The summed E-state index contributed by atoms with van der Waals surface area (Å²) in [6.07, 6.45) is 5.90. The molecule has 0 bridgehead atoms. The molecule has 0 saturated heterocycles. The van der Waals surface area contributed by atoms with Gasteiger partial charge < -0.3 is 4.74 Å². The molecule has 0 unspecified atom stereocenters. The molecule has 0 aromatic heterocycles. The van der Waals surface area contributed by atoms with Crippen LogP contribution in [-0.4, -0.2) is 12.6 Å². The highest BCUT2D eigenvalue weighted by Gasteiger charge is 2.20. The Morgan fingerprint density at radius 1 is 1.19 bits per heavy atom. The number of hydrogen-bond donors (Lipinski definition) is 0. The third kappa shape index (κ3) is 4.77. The first-order valence-electron chi connectivity index (χ1n) is 7.29. The second-order valence-electron chi connectivity index (χ2n) is 5.80. The molecule has 1 aliphatic rings. The fraction of sp³-hybridized carbons (Fsp3) is 0.562. The van der Waals surface area contributed by atoms with Crippen LogP contribution in [0.4, 0.5) is 0 Å². The van der Waals surface area contributed by atoms with Crippen molar-refractivity contribution in [2.24, 2.45) is 11.8 Å². The number of benzene rings is 1. The summed E-state index contributed by atoms with van der Waals surface area (Å²) in [6, 6.07) is 2.99. The number of rotatable bonds is 4. The first kappa shape index (κ1) is 16.9. The van der Waals surface area contributed by atoms with Crippen LogP contribution >= 0.6 is 34.8 Å². The predicted octanol–water partition coefficient (Wildman–Crippen LogP) is 6.02. The van der Waals surface area contributed by atoms with E-state index in [-0.39, 0.29) is 15.6 Å². The van der Waals surface area contributed by atoms with Crippen molar-refractivity contribution in [1.82, 2.24) is 0 Å². The maximum absolute atomic E-state index is 12.0. The molecule has 0 N–H and O–H groups in total. The Morgan fingerprint density at radius 3 is 2.52 bits per heavy atom. The fourth-order valence-electron chi connectivity index (χ4n) is 2.72. The normalized spacial score (nSPS) is 22.1. The molecule has 0 radical (unpaired) electrons. The first-order chi connectivity index (χ1) is 9.97. The highest BCUT2D eigenvalue weighted by atomic mass is 35.5. The summed E-state index contributed by atoms with van der Waals surface area (Å²) >= 11 is 17.8. The van der Waals surface area contributed by atoms with E-state index in [9.17, 15) is 4.79 Å². The number of ether oxygens (including phenoxy) is 1. The van der Waals surface area contributed by atoms with Gasteiger partial charge in [-0.25, -0.2) is 4.79 Å². The Morgan fingerprint density at radius 2 is 1.86 bits per heavy atom. The third-order valence-corrected chi connectivity index (χ3v) is 5.13. The van der Waals surface area contributed by atoms with Crippen LogP contribution in [0.15, 0.2) is 12.1 Å². The van der Waals surface area contributed by atoms with Gasteiger partial charge in [-0.1, -0.05) is 67.4 Å². The average molecular weight is 350 g/mol. The SMILES string of the molecule is CC1CCC(CCOC(=O)c2cc(Cl)cc(Cl)c2Cl)CC1. The van der Waals surface area contributed by atoms with Crippen LogP contribution in [0.25, 0.3) is 0 Å². The predicted molar refractivity (Wildman–Crippen MR) is 87.5 cm³/mol. The van der Waals surface area contributed by atoms with Gasteiger partial charge in [0.1, 0.15) is 0 Å². The minimum Gasteiger partial charge on any atom is -0.462 e. The van der Waals surface area contributed by atoms with Gasteiger partial charge in [-0.15, -0.1) is 0 Å². The van der Waals surface area contributed by atoms with E-state index in [0.717, 1.165) is 12.3 Å². The Hall–Kier alpha value is -0.440. The van der Waals surface area contributed by atoms with Gasteiger partial charge in [-0.3, -0.25) is 0 Å². The van der Waals surface area contributed by atoms with Crippen molar-refractivity contribution in [2.75, 3.05) is 6.61 Å². The van der Waals surface area contributed by atoms with Gasteiger partial charge in [0.2, 0.25) is 0 Å². The molecule has 0 heterocycles. The van der Waals surface area contributed by atoms with E-state index in [1.165, 1.54) is 37.8 Å². The smallest absolute Gasteiger partial charge is 0.339 e. The second kappa shape index (κ2) is 7.71. The highest BCUT2D eigenvalue weighted by Crippen LogP contribution is 2.32. The summed E-state index contributed by atoms with van der Waals surface area (Å²) < 4.78 is 5.31. The van der Waals surface area contributed by atoms with Crippen LogP contribution in [0.2, 0.25) is 15.1 Å². The lowest BCUT2D eigenvalue weighted by molar-refractivity contribution is 0.0471. The van der Waals surface area contributed by atoms with Crippen LogP contribution in [0.3, 0.4) is 0 Å². The maximum Gasteiger partial charge on any atom is 0.339 e. The quantitative estimate of drug-likeness (QED) is 0.490. The van der Waals surface area contributed by atoms with Crippen LogP contribution in [0, 0.1) is 11.8 Å². The molecule has 21 heavy (non-hydrogen) atoms. The topological polar surface area (TPSA) is 26.3 Å². The molecule has 0 spiro atoms. The maximum atomic E-state index is 12.0. The molecular formula is C16H19Cl3O2. The largest absolute Gasteiger partial charge is 0.462 e. The minimum absolute atomic E-state index is 0.192. The highest BCUT2D eigenvalue weighted by molar-refractivity contribution is 6.45. The Balaban J connectivity index is 1.85. The van der Waals surface area contributed by atoms with Crippen LogP contribution in [-0.2, 0) is 4.74 Å². The van der Waals surface area contributed by atoms with Crippen LogP contribution in [0.1, 0.15) is 49.4 Å². The van der Waals surface area contributed by atoms with E-state index in [2.05, 4.69) is 6.92 Å². The monoisotopic (exact) mass is 348 g/mol. The van der Waals surface area contributed by atoms with Gasteiger partial charge in [0.05, 0.1) is 22.2 Å². The van der Waals surface area contributed by atoms with Gasteiger partial charge in [-0.2, -0.15) is 0 Å². The molecule has 0 atom stereocenters. The minimum atomic E-state index is -0.464. The van der Waals surface area contributed by atoms with Crippen molar-refractivity contribution >= 4 is 40.8 Å². The van der Waals surface area contributed by atoms with E-state index in [4.69, 9.17) is 39.5 Å². The third-order valence-electron chi connectivity index (χ3n) is 4.11. The van der Waals surface area contributed by atoms with Crippen molar-refractivity contribution in [3.05, 3.63) is 32.8 Å². The number of esters is 1. The summed E-state index contributed by atoms with van der Waals surface area (Å²) in [5, 5.41) is 0.826. The number of carbonyl (C=O) groups excluding carboxylic acids is 1. The molecule has 0 amide bonds. The van der Waals surface area contributed by atoms with E-state index in [1.807, 2.05) is 0 Å². The molecule has 1 aromatic rings. The Labute approximate surface area is 140 Å². The lowest BCUT2D eigenvalue weighted by Crippen LogP contribution is -2.16. The van der Waals surface area contributed by atoms with Gasteiger partial charge in [0.15, 0.2) is 0 Å². The number of hydrogen-bond acceptors (Lipinski definition) is 2. The summed E-state index contributed by atoms with van der Waals surface area (Å²) in [5.41, 5.74) is 0.228. The zero-order chi connectivity index (χ0) is 15.4. The lowest BCUT2D eigenvalue weighted by atomic mass is 9.82. The summed E-state index contributed by atoms with van der Waals surface area (Å²) in [7, 11) is 0. The Kier molecular flexibility index (Phi) is 6.21. The number of carbonyl (C=O) groups is 1. The van der Waals surface area contributed by atoms with E-state index < -0.39 is 5.97 Å². The van der Waals surface area contributed by atoms with Crippen LogP contribution < -0.4 is 0 Å². The van der Waals surface area contributed by atoms with Gasteiger partial charge in [-0.05, 0) is 30.4 Å². The molecular weight excluding hydrogens is 331 g/mol. The van der Waals surface area contributed by atoms with E-state index in [1.54, 1.807) is 0 Å². The van der Waals surface area contributed by atoms with E-state index in [0.29, 0.717) is 17.5 Å². The molecule has 2 rings (SSSR count). The molecule has 116 valence electrons. The molecule has 5 heteroatoms. The standard InChI is InChI=1S/C16H19Cl3O2/c1-10-2-4-11(5-3-10)6-7-21-16(20)13-8-12(17)9-14(18)15(13)19/h8-11H,2-7H2,1H3. The molecule has 2 nitrogen and oxygen atoms in total. The van der Waals surface area contributed by atoms with Crippen molar-refractivity contribution in [3.8, 4) is 0 Å². The first-order valence-corrected chi connectivity index (χ1v) is 8.42. The van der Waals surface area contributed by atoms with Gasteiger partial charge in [0, 0.05) is 5.02 Å². The van der Waals surface area contributed by atoms with Crippen molar-refractivity contribution in [1.29, 1.82) is 0 Å². The molecule has 0 aliphatic heterocycles. The zero-order valence-corrected chi connectivity index (χ0v) is 14.3. The van der Waals surface area contributed by atoms with Crippen molar-refractivity contribution in [3.63, 3.8) is 0 Å². The fourth-order valence-corrected chi connectivity index (χ4v) is 3.40.